The molecule has 0 saturated carbocycles. The Balaban J connectivity index is 2.18. The minimum atomic E-state index is 0.669. The van der Waals surface area contributed by atoms with Gasteiger partial charge in [-0.3, -0.25) is 0 Å². The molecule has 86 valence electrons. The van der Waals surface area contributed by atoms with E-state index in [4.69, 9.17) is 0 Å². The van der Waals surface area contributed by atoms with Crippen molar-refractivity contribution in [2.24, 2.45) is 0 Å². The minimum Gasteiger partial charge on any atom is -0.371 e. The first-order chi connectivity index (χ1) is 7.77. The molecule has 0 amide bonds. The normalized spacial score (nSPS) is 18.8. The van der Waals surface area contributed by atoms with Crippen LogP contribution in [0.25, 0.3) is 0 Å². The van der Waals surface area contributed by atoms with Crippen LogP contribution < -0.4 is 4.90 Å². The van der Waals surface area contributed by atoms with Crippen LogP contribution in [0.1, 0.15) is 49.3 Å². The summed E-state index contributed by atoms with van der Waals surface area (Å²) in [6.07, 6.45) is 5.27. The molecule has 2 aliphatic rings. The van der Waals surface area contributed by atoms with E-state index in [1.807, 2.05) is 0 Å². The van der Waals surface area contributed by atoms with E-state index in [-0.39, 0.29) is 0 Å². The number of aryl methyl sites for hydroxylation is 1. The van der Waals surface area contributed by atoms with Gasteiger partial charge in [0.2, 0.25) is 0 Å². The topological polar surface area (TPSA) is 3.24 Å². The fraction of sp³-hybridized carbons (Fsp3) is 0.600. The molecule has 0 saturated heterocycles. The van der Waals surface area contributed by atoms with Crippen LogP contribution in [0.5, 0.6) is 0 Å². The molecule has 0 aromatic heterocycles. The molecule has 1 heteroatoms. The van der Waals surface area contributed by atoms with Crippen molar-refractivity contribution in [2.45, 2.75) is 45.4 Å². The van der Waals surface area contributed by atoms with Crippen LogP contribution in [0, 0.1) is 0 Å². The molecule has 16 heavy (non-hydrogen) atoms. The third-order valence-corrected chi connectivity index (χ3v) is 4.07. The van der Waals surface area contributed by atoms with Gasteiger partial charge < -0.3 is 4.90 Å². The third kappa shape index (κ3) is 1.45. The standard InChI is InChI=1S/C15H21N/c1-11(2)13-8-7-12-5-3-9-16-10-4-6-14(13)15(12)16/h7-8,11H,3-6,9-10H2,1-2H3. The first-order valence-electron chi connectivity index (χ1n) is 6.67. The van der Waals surface area contributed by atoms with E-state index in [9.17, 15) is 0 Å². The molecule has 0 unspecified atom stereocenters. The van der Waals surface area contributed by atoms with Crippen LogP contribution >= 0.6 is 0 Å². The Labute approximate surface area is 98.5 Å². The molecule has 0 atom stereocenters. The van der Waals surface area contributed by atoms with Gasteiger partial charge in [-0.25, -0.2) is 0 Å². The first-order valence-corrected chi connectivity index (χ1v) is 6.67. The monoisotopic (exact) mass is 215 g/mol. The molecule has 2 aliphatic heterocycles. The fourth-order valence-corrected chi connectivity index (χ4v) is 3.34. The predicted molar refractivity (Wildman–Crippen MR) is 69.4 cm³/mol. The lowest BCUT2D eigenvalue weighted by atomic mass is 9.85. The largest absolute Gasteiger partial charge is 0.371 e. The van der Waals surface area contributed by atoms with E-state index in [1.54, 1.807) is 22.4 Å². The smallest absolute Gasteiger partial charge is 0.0434 e. The maximum atomic E-state index is 2.63. The lowest BCUT2D eigenvalue weighted by Crippen LogP contribution is -2.35. The second-order valence-electron chi connectivity index (χ2n) is 5.49. The van der Waals surface area contributed by atoms with E-state index in [1.165, 1.54) is 38.8 Å². The van der Waals surface area contributed by atoms with E-state index >= 15 is 0 Å². The van der Waals surface area contributed by atoms with Gasteiger partial charge in [-0.2, -0.15) is 0 Å². The molecule has 0 aliphatic carbocycles. The summed E-state index contributed by atoms with van der Waals surface area (Å²) in [5.74, 6) is 0.669. The number of rotatable bonds is 1. The zero-order valence-corrected chi connectivity index (χ0v) is 10.4. The summed E-state index contributed by atoms with van der Waals surface area (Å²) in [6.45, 7) is 7.20. The average molecular weight is 215 g/mol. The summed E-state index contributed by atoms with van der Waals surface area (Å²) >= 11 is 0. The summed E-state index contributed by atoms with van der Waals surface area (Å²) in [5, 5.41) is 0. The molecule has 1 aromatic carbocycles. The Bertz CT molecular complexity index is 404. The molecule has 1 nitrogen and oxygen atoms in total. The summed E-state index contributed by atoms with van der Waals surface area (Å²) in [5.41, 5.74) is 6.47. The van der Waals surface area contributed by atoms with Gasteiger partial charge in [-0.1, -0.05) is 26.0 Å². The van der Waals surface area contributed by atoms with Crippen LogP contribution in [-0.4, -0.2) is 13.1 Å². The highest BCUT2D eigenvalue weighted by molar-refractivity contribution is 5.65. The van der Waals surface area contributed by atoms with Crippen LogP contribution in [0.4, 0.5) is 5.69 Å². The Morgan fingerprint density at radius 3 is 2.56 bits per heavy atom. The molecule has 0 N–H and O–H groups in total. The van der Waals surface area contributed by atoms with Crippen molar-refractivity contribution in [3.05, 3.63) is 28.8 Å². The number of benzene rings is 1. The van der Waals surface area contributed by atoms with E-state index < -0.39 is 0 Å². The average Bonchev–Trinajstić information content (AvgIpc) is 2.30. The Morgan fingerprint density at radius 1 is 1.06 bits per heavy atom. The fourth-order valence-electron chi connectivity index (χ4n) is 3.34. The molecule has 0 bridgehead atoms. The zero-order chi connectivity index (χ0) is 11.1. The first kappa shape index (κ1) is 10.2. The summed E-state index contributed by atoms with van der Waals surface area (Å²) in [7, 11) is 0. The number of hydrogen-bond acceptors (Lipinski definition) is 1. The van der Waals surface area contributed by atoms with Crippen molar-refractivity contribution in [1.29, 1.82) is 0 Å². The molecule has 1 aromatic rings. The lowest BCUT2D eigenvalue weighted by Gasteiger charge is -2.38. The minimum absolute atomic E-state index is 0.669. The van der Waals surface area contributed by atoms with Gasteiger partial charge in [0.05, 0.1) is 0 Å². The molecule has 0 fully saturated rings. The quantitative estimate of drug-likeness (QED) is 0.693. The van der Waals surface area contributed by atoms with Crippen molar-refractivity contribution < 1.29 is 0 Å². The highest BCUT2D eigenvalue weighted by atomic mass is 15.1. The zero-order valence-electron chi connectivity index (χ0n) is 10.4. The molecule has 0 radical (unpaired) electrons. The summed E-state index contributed by atoms with van der Waals surface area (Å²) in [4.78, 5) is 2.63. The maximum Gasteiger partial charge on any atom is 0.0434 e. The second-order valence-corrected chi connectivity index (χ2v) is 5.49. The van der Waals surface area contributed by atoms with E-state index in [0.29, 0.717) is 5.92 Å². The molecule has 2 heterocycles. The molecular weight excluding hydrogens is 194 g/mol. The van der Waals surface area contributed by atoms with Gasteiger partial charge in [0.25, 0.3) is 0 Å². The van der Waals surface area contributed by atoms with Crippen LogP contribution in [0.15, 0.2) is 12.1 Å². The van der Waals surface area contributed by atoms with Crippen molar-refractivity contribution in [3.8, 4) is 0 Å². The van der Waals surface area contributed by atoms with Gasteiger partial charge in [-0.15, -0.1) is 0 Å². The summed E-state index contributed by atoms with van der Waals surface area (Å²) < 4.78 is 0. The Morgan fingerprint density at radius 2 is 1.81 bits per heavy atom. The number of nitrogens with zero attached hydrogens (tertiary/aromatic N) is 1. The molecular formula is C15H21N. The van der Waals surface area contributed by atoms with Gasteiger partial charge in [0.15, 0.2) is 0 Å². The van der Waals surface area contributed by atoms with Crippen LogP contribution in [0.3, 0.4) is 0 Å². The maximum absolute atomic E-state index is 2.63. The highest BCUT2D eigenvalue weighted by Crippen LogP contribution is 2.39. The van der Waals surface area contributed by atoms with Crippen LogP contribution in [-0.2, 0) is 12.8 Å². The van der Waals surface area contributed by atoms with E-state index in [0.717, 1.165) is 0 Å². The predicted octanol–water partition coefficient (Wildman–Crippen LogP) is 3.51. The Kier molecular flexibility index (Phi) is 2.42. The molecule has 3 rings (SSSR count). The highest BCUT2D eigenvalue weighted by Gasteiger charge is 2.25. The Hall–Kier alpha value is -0.980. The summed E-state index contributed by atoms with van der Waals surface area (Å²) in [6, 6.07) is 4.76. The lowest BCUT2D eigenvalue weighted by molar-refractivity contribution is 0.627. The third-order valence-electron chi connectivity index (χ3n) is 4.07. The number of anilines is 1. The van der Waals surface area contributed by atoms with Crippen LogP contribution in [0.2, 0.25) is 0 Å². The van der Waals surface area contributed by atoms with Gasteiger partial charge in [-0.05, 0) is 48.3 Å². The van der Waals surface area contributed by atoms with Crippen molar-refractivity contribution in [2.75, 3.05) is 18.0 Å². The van der Waals surface area contributed by atoms with Crippen molar-refractivity contribution >= 4 is 5.69 Å². The van der Waals surface area contributed by atoms with Crippen molar-refractivity contribution in [1.82, 2.24) is 0 Å². The van der Waals surface area contributed by atoms with Gasteiger partial charge in [0.1, 0.15) is 0 Å². The van der Waals surface area contributed by atoms with Gasteiger partial charge >= 0.3 is 0 Å². The van der Waals surface area contributed by atoms with Crippen molar-refractivity contribution in [3.63, 3.8) is 0 Å². The molecule has 0 spiro atoms. The van der Waals surface area contributed by atoms with E-state index in [2.05, 4.69) is 30.9 Å². The van der Waals surface area contributed by atoms with Gasteiger partial charge in [0, 0.05) is 18.8 Å². The number of hydrogen-bond donors (Lipinski definition) is 0. The SMILES string of the molecule is CC(C)c1ccc2c3c1CCCN3CCC2. The second kappa shape index (κ2) is 3.80.